The zero-order valence-corrected chi connectivity index (χ0v) is 9.69. The standard InChI is InChI=1S/C13H16FN3/c14-13-4-3-10(7-15)6-11(13)8-17-5-1-2-12(16)9-17/h3-4,6,12H,1-2,5,8-9,16H2. The molecular weight excluding hydrogens is 217 g/mol. The van der Waals surface area contributed by atoms with Crippen molar-refractivity contribution < 1.29 is 4.39 Å². The van der Waals surface area contributed by atoms with Gasteiger partial charge in [0.1, 0.15) is 5.82 Å². The minimum Gasteiger partial charge on any atom is -0.327 e. The van der Waals surface area contributed by atoms with Crippen LogP contribution >= 0.6 is 0 Å². The molecule has 0 spiro atoms. The molecule has 1 atom stereocenters. The molecule has 0 aliphatic carbocycles. The van der Waals surface area contributed by atoms with E-state index in [1.54, 1.807) is 6.07 Å². The first-order valence-corrected chi connectivity index (χ1v) is 5.85. The molecule has 0 saturated carbocycles. The Balaban J connectivity index is 2.10. The molecule has 1 aromatic carbocycles. The summed E-state index contributed by atoms with van der Waals surface area (Å²) in [5.41, 5.74) is 6.97. The molecule has 1 saturated heterocycles. The van der Waals surface area contributed by atoms with Crippen molar-refractivity contribution in [2.75, 3.05) is 13.1 Å². The summed E-state index contributed by atoms with van der Waals surface area (Å²) >= 11 is 0. The van der Waals surface area contributed by atoms with Gasteiger partial charge in [0.2, 0.25) is 0 Å². The van der Waals surface area contributed by atoms with Crippen LogP contribution in [0.2, 0.25) is 0 Å². The van der Waals surface area contributed by atoms with Crippen molar-refractivity contribution >= 4 is 0 Å². The summed E-state index contributed by atoms with van der Waals surface area (Å²) in [6.45, 7) is 2.29. The van der Waals surface area contributed by atoms with Crippen LogP contribution in [0.4, 0.5) is 4.39 Å². The maximum Gasteiger partial charge on any atom is 0.127 e. The molecule has 0 bridgehead atoms. The van der Waals surface area contributed by atoms with Crippen LogP contribution < -0.4 is 5.73 Å². The summed E-state index contributed by atoms with van der Waals surface area (Å²) in [5.74, 6) is -0.247. The summed E-state index contributed by atoms with van der Waals surface area (Å²) in [6.07, 6.45) is 2.10. The minimum atomic E-state index is -0.247. The molecule has 0 aromatic heterocycles. The summed E-state index contributed by atoms with van der Waals surface area (Å²) in [7, 11) is 0. The van der Waals surface area contributed by atoms with Gasteiger partial charge in [-0.1, -0.05) is 0 Å². The van der Waals surface area contributed by atoms with Gasteiger partial charge in [0.05, 0.1) is 11.6 Å². The lowest BCUT2D eigenvalue weighted by Crippen LogP contribution is -2.42. The monoisotopic (exact) mass is 233 g/mol. The van der Waals surface area contributed by atoms with E-state index in [2.05, 4.69) is 4.90 Å². The predicted molar refractivity (Wildman–Crippen MR) is 63.6 cm³/mol. The van der Waals surface area contributed by atoms with Crippen molar-refractivity contribution in [1.29, 1.82) is 5.26 Å². The van der Waals surface area contributed by atoms with E-state index < -0.39 is 0 Å². The normalized spacial score (nSPS) is 21.1. The topological polar surface area (TPSA) is 53.0 Å². The zero-order chi connectivity index (χ0) is 12.3. The molecule has 17 heavy (non-hydrogen) atoms. The molecule has 4 heteroatoms. The molecule has 0 radical (unpaired) electrons. The highest BCUT2D eigenvalue weighted by Gasteiger charge is 2.17. The molecule has 1 fully saturated rings. The fourth-order valence-electron chi connectivity index (χ4n) is 2.24. The summed E-state index contributed by atoms with van der Waals surface area (Å²) in [5, 5.41) is 8.79. The zero-order valence-electron chi connectivity index (χ0n) is 9.69. The molecule has 1 aromatic rings. The van der Waals surface area contributed by atoms with Gasteiger partial charge in [-0.2, -0.15) is 5.26 Å². The largest absolute Gasteiger partial charge is 0.327 e. The Morgan fingerprint density at radius 1 is 1.53 bits per heavy atom. The van der Waals surface area contributed by atoms with Crippen LogP contribution in [-0.2, 0) is 6.54 Å². The highest BCUT2D eigenvalue weighted by molar-refractivity contribution is 5.33. The van der Waals surface area contributed by atoms with Crippen molar-refractivity contribution in [1.82, 2.24) is 4.90 Å². The number of likely N-dealkylation sites (tertiary alicyclic amines) is 1. The van der Waals surface area contributed by atoms with Gasteiger partial charge in [0.25, 0.3) is 0 Å². The molecule has 1 aliphatic rings. The second-order valence-electron chi connectivity index (χ2n) is 4.56. The molecule has 2 N–H and O–H groups in total. The van der Waals surface area contributed by atoms with E-state index in [4.69, 9.17) is 11.0 Å². The van der Waals surface area contributed by atoms with E-state index in [9.17, 15) is 4.39 Å². The van der Waals surface area contributed by atoms with Crippen LogP contribution in [-0.4, -0.2) is 24.0 Å². The van der Waals surface area contributed by atoms with Gasteiger partial charge in [0.15, 0.2) is 0 Å². The molecule has 1 aliphatic heterocycles. The fourth-order valence-corrected chi connectivity index (χ4v) is 2.24. The molecule has 90 valence electrons. The van der Waals surface area contributed by atoms with Crippen LogP contribution in [0, 0.1) is 17.1 Å². The number of piperidine rings is 1. The predicted octanol–water partition coefficient (Wildman–Crippen LogP) is 1.62. The third-order valence-corrected chi connectivity index (χ3v) is 3.11. The number of hydrogen-bond acceptors (Lipinski definition) is 3. The third kappa shape index (κ3) is 3.02. The van der Waals surface area contributed by atoms with Crippen molar-refractivity contribution in [3.63, 3.8) is 0 Å². The lowest BCUT2D eigenvalue weighted by molar-refractivity contribution is 0.199. The van der Waals surface area contributed by atoms with Crippen LogP contribution in [0.5, 0.6) is 0 Å². The Kier molecular flexibility index (Phi) is 3.72. The number of nitrogens with two attached hydrogens (primary N) is 1. The van der Waals surface area contributed by atoms with Crippen molar-refractivity contribution in [2.45, 2.75) is 25.4 Å². The van der Waals surface area contributed by atoms with Crippen LogP contribution in [0.3, 0.4) is 0 Å². The average Bonchev–Trinajstić information content (AvgIpc) is 2.32. The first-order valence-electron chi connectivity index (χ1n) is 5.85. The summed E-state index contributed by atoms with van der Waals surface area (Å²) in [4.78, 5) is 2.15. The second kappa shape index (κ2) is 5.26. The number of nitrogens with zero attached hydrogens (tertiary/aromatic N) is 2. The Bertz CT molecular complexity index is 439. The summed E-state index contributed by atoms with van der Waals surface area (Å²) in [6, 6.07) is 6.70. The Morgan fingerprint density at radius 3 is 3.06 bits per heavy atom. The fraction of sp³-hybridized carbons (Fsp3) is 0.462. The van der Waals surface area contributed by atoms with Gasteiger partial charge >= 0.3 is 0 Å². The first-order chi connectivity index (χ1) is 8.19. The van der Waals surface area contributed by atoms with Gasteiger partial charge in [-0.05, 0) is 37.6 Å². The average molecular weight is 233 g/mol. The lowest BCUT2D eigenvalue weighted by atomic mass is 10.0. The van der Waals surface area contributed by atoms with Gasteiger partial charge in [-0.15, -0.1) is 0 Å². The minimum absolute atomic E-state index is 0.186. The van der Waals surface area contributed by atoms with Gasteiger partial charge in [-0.3, -0.25) is 4.90 Å². The molecular formula is C13H16FN3. The van der Waals surface area contributed by atoms with Crippen LogP contribution in [0.15, 0.2) is 18.2 Å². The quantitative estimate of drug-likeness (QED) is 0.844. The third-order valence-electron chi connectivity index (χ3n) is 3.11. The number of benzene rings is 1. The van der Waals surface area contributed by atoms with Crippen molar-refractivity contribution in [3.05, 3.63) is 35.1 Å². The highest BCUT2D eigenvalue weighted by Crippen LogP contribution is 2.16. The summed E-state index contributed by atoms with van der Waals surface area (Å²) < 4.78 is 13.6. The van der Waals surface area contributed by atoms with Crippen LogP contribution in [0.25, 0.3) is 0 Å². The molecule has 1 heterocycles. The van der Waals surface area contributed by atoms with Gasteiger partial charge < -0.3 is 5.73 Å². The second-order valence-corrected chi connectivity index (χ2v) is 4.56. The van der Waals surface area contributed by atoms with Gasteiger partial charge in [0, 0.05) is 24.7 Å². The Morgan fingerprint density at radius 2 is 2.35 bits per heavy atom. The van der Waals surface area contributed by atoms with E-state index >= 15 is 0 Å². The number of rotatable bonds is 2. The van der Waals surface area contributed by atoms with E-state index in [-0.39, 0.29) is 11.9 Å². The van der Waals surface area contributed by atoms with E-state index in [1.807, 2.05) is 6.07 Å². The number of hydrogen-bond donors (Lipinski definition) is 1. The molecule has 2 rings (SSSR count). The Labute approximate surface area is 101 Å². The lowest BCUT2D eigenvalue weighted by Gasteiger charge is -2.30. The van der Waals surface area contributed by atoms with E-state index in [0.29, 0.717) is 17.7 Å². The maximum atomic E-state index is 13.6. The van der Waals surface area contributed by atoms with Crippen molar-refractivity contribution in [3.8, 4) is 6.07 Å². The maximum absolute atomic E-state index is 13.6. The van der Waals surface area contributed by atoms with Crippen LogP contribution in [0.1, 0.15) is 24.0 Å². The SMILES string of the molecule is N#Cc1ccc(F)c(CN2CCCC(N)C2)c1. The number of halogens is 1. The van der Waals surface area contributed by atoms with E-state index in [0.717, 1.165) is 25.9 Å². The highest BCUT2D eigenvalue weighted by atomic mass is 19.1. The Hall–Kier alpha value is -1.44. The molecule has 3 nitrogen and oxygen atoms in total. The number of nitriles is 1. The first kappa shape index (κ1) is 12.0. The molecule has 1 unspecified atom stereocenters. The molecule has 0 amide bonds. The van der Waals surface area contributed by atoms with Crippen molar-refractivity contribution in [2.24, 2.45) is 5.73 Å². The van der Waals surface area contributed by atoms with Gasteiger partial charge in [-0.25, -0.2) is 4.39 Å². The van der Waals surface area contributed by atoms with E-state index in [1.165, 1.54) is 12.1 Å². The smallest absolute Gasteiger partial charge is 0.127 e.